The molecule has 0 fully saturated rings. The molecule has 4 nitrogen and oxygen atoms in total. The van der Waals surface area contributed by atoms with Crippen LogP contribution in [0.3, 0.4) is 0 Å². The molecule has 0 spiro atoms. The third-order valence-corrected chi connectivity index (χ3v) is 2.24. The first-order valence-electron chi connectivity index (χ1n) is 5.91. The molecular formula is C12H22N4. The van der Waals surface area contributed by atoms with Crippen molar-refractivity contribution in [3.05, 3.63) is 18.0 Å². The number of anilines is 1. The van der Waals surface area contributed by atoms with E-state index in [1.165, 1.54) is 5.56 Å². The molecule has 0 unspecified atom stereocenters. The Balaban J connectivity index is 2.33. The van der Waals surface area contributed by atoms with Crippen LogP contribution >= 0.6 is 0 Å². The van der Waals surface area contributed by atoms with Crippen molar-refractivity contribution in [3.63, 3.8) is 0 Å². The number of hydrogen-bond donors (Lipinski definition) is 2. The Kier molecular flexibility index (Phi) is 5.78. The van der Waals surface area contributed by atoms with E-state index in [-0.39, 0.29) is 0 Å². The maximum Gasteiger partial charge on any atom is 0.222 e. The van der Waals surface area contributed by atoms with Crippen LogP contribution in [0.2, 0.25) is 0 Å². The molecule has 0 amide bonds. The summed E-state index contributed by atoms with van der Waals surface area (Å²) < 4.78 is 0. The SMILES string of the molecule is CNCCCNc1ncc(CC(C)C)cn1. The highest BCUT2D eigenvalue weighted by atomic mass is 15.1. The van der Waals surface area contributed by atoms with Gasteiger partial charge in [0, 0.05) is 18.9 Å². The second-order valence-electron chi connectivity index (χ2n) is 4.40. The van der Waals surface area contributed by atoms with Crippen LogP contribution in [0.15, 0.2) is 12.4 Å². The molecule has 90 valence electrons. The van der Waals surface area contributed by atoms with Crippen molar-refractivity contribution < 1.29 is 0 Å². The zero-order chi connectivity index (χ0) is 11.8. The first-order valence-corrected chi connectivity index (χ1v) is 5.91. The molecule has 1 aromatic heterocycles. The number of aromatic nitrogens is 2. The van der Waals surface area contributed by atoms with Crippen LogP contribution in [-0.2, 0) is 6.42 Å². The minimum atomic E-state index is 0.651. The van der Waals surface area contributed by atoms with E-state index in [4.69, 9.17) is 0 Å². The van der Waals surface area contributed by atoms with Crippen LogP contribution in [0.4, 0.5) is 5.95 Å². The van der Waals surface area contributed by atoms with Gasteiger partial charge in [0.1, 0.15) is 0 Å². The van der Waals surface area contributed by atoms with Gasteiger partial charge in [-0.1, -0.05) is 13.8 Å². The van der Waals surface area contributed by atoms with Crippen molar-refractivity contribution in [1.82, 2.24) is 15.3 Å². The fraction of sp³-hybridized carbons (Fsp3) is 0.667. The maximum absolute atomic E-state index is 4.29. The highest BCUT2D eigenvalue weighted by molar-refractivity contribution is 5.24. The third-order valence-electron chi connectivity index (χ3n) is 2.24. The van der Waals surface area contributed by atoms with Gasteiger partial charge in [-0.15, -0.1) is 0 Å². The van der Waals surface area contributed by atoms with Crippen LogP contribution in [0.1, 0.15) is 25.8 Å². The molecule has 0 saturated carbocycles. The van der Waals surface area contributed by atoms with Gasteiger partial charge < -0.3 is 10.6 Å². The van der Waals surface area contributed by atoms with E-state index in [1.54, 1.807) is 0 Å². The van der Waals surface area contributed by atoms with E-state index in [2.05, 4.69) is 34.4 Å². The van der Waals surface area contributed by atoms with Crippen molar-refractivity contribution in [2.75, 3.05) is 25.5 Å². The lowest BCUT2D eigenvalue weighted by molar-refractivity contribution is 0.643. The first-order chi connectivity index (χ1) is 7.72. The summed E-state index contributed by atoms with van der Waals surface area (Å²) in [7, 11) is 1.96. The molecule has 0 aliphatic carbocycles. The van der Waals surface area contributed by atoms with Crippen LogP contribution in [-0.4, -0.2) is 30.1 Å². The fourth-order valence-electron chi connectivity index (χ4n) is 1.49. The van der Waals surface area contributed by atoms with Gasteiger partial charge in [-0.2, -0.15) is 0 Å². The van der Waals surface area contributed by atoms with Crippen LogP contribution in [0.5, 0.6) is 0 Å². The van der Waals surface area contributed by atoms with E-state index in [9.17, 15) is 0 Å². The molecule has 16 heavy (non-hydrogen) atoms. The average Bonchev–Trinajstić information content (AvgIpc) is 2.26. The number of hydrogen-bond acceptors (Lipinski definition) is 4. The summed E-state index contributed by atoms with van der Waals surface area (Å²) in [6, 6.07) is 0. The second kappa shape index (κ2) is 7.17. The van der Waals surface area contributed by atoms with Gasteiger partial charge in [-0.05, 0) is 37.9 Å². The molecule has 2 N–H and O–H groups in total. The lowest BCUT2D eigenvalue weighted by Crippen LogP contribution is -2.14. The number of nitrogens with one attached hydrogen (secondary N) is 2. The van der Waals surface area contributed by atoms with E-state index in [0.29, 0.717) is 5.92 Å². The predicted molar refractivity (Wildman–Crippen MR) is 67.6 cm³/mol. The smallest absolute Gasteiger partial charge is 0.222 e. The number of rotatable bonds is 7. The van der Waals surface area contributed by atoms with Crippen LogP contribution < -0.4 is 10.6 Å². The Morgan fingerprint density at radius 3 is 2.44 bits per heavy atom. The zero-order valence-electron chi connectivity index (χ0n) is 10.5. The zero-order valence-corrected chi connectivity index (χ0v) is 10.5. The van der Waals surface area contributed by atoms with Crippen LogP contribution in [0.25, 0.3) is 0 Å². The molecule has 0 saturated heterocycles. The molecule has 0 aliphatic rings. The van der Waals surface area contributed by atoms with Gasteiger partial charge in [0.25, 0.3) is 0 Å². The average molecular weight is 222 g/mol. The lowest BCUT2D eigenvalue weighted by Gasteiger charge is -2.06. The summed E-state index contributed by atoms with van der Waals surface area (Å²) in [5.74, 6) is 1.38. The van der Waals surface area contributed by atoms with Gasteiger partial charge in [-0.3, -0.25) is 0 Å². The molecular weight excluding hydrogens is 200 g/mol. The van der Waals surface area contributed by atoms with E-state index in [0.717, 1.165) is 31.9 Å². The normalized spacial score (nSPS) is 10.8. The predicted octanol–water partition coefficient (Wildman–Crippen LogP) is 1.70. The van der Waals surface area contributed by atoms with Gasteiger partial charge in [0.2, 0.25) is 5.95 Å². The molecule has 0 radical (unpaired) electrons. The van der Waals surface area contributed by atoms with Crippen molar-refractivity contribution in [2.45, 2.75) is 26.7 Å². The van der Waals surface area contributed by atoms with Gasteiger partial charge in [-0.25, -0.2) is 9.97 Å². The van der Waals surface area contributed by atoms with Crippen molar-refractivity contribution in [3.8, 4) is 0 Å². The van der Waals surface area contributed by atoms with E-state index < -0.39 is 0 Å². The first kappa shape index (κ1) is 12.9. The molecule has 0 aromatic carbocycles. The summed E-state index contributed by atoms with van der Waals surface area (Å²) in [4.78, 5) is 8.57. The second-order valence-corrected chi connectivity index (χ2v) is 4.40. The Bertz CT molecular complexity index is 282. The monoisotopic (exact) mass is 222 g/mol. The Labute approximate surface area is 97.9 Å². The van der Waals surface area contributed by atoms with E-state index >= 15 is 0 Å². The third kappa shape index (κ3) is 5.07. The van der Waals surface area contributed by atoms with Gasteiger partial charge >= 0.3 is 0 Å². The molecule has 0 bridgehead atoms. The molecule has 1 rings (SSSR count). The van der Waals surface area contributed by atoms with Gasteiger partial charge in [0.15, 0.2) is 0 Å². The highest BCUT2D eigenvalue weighted by Crippen LogP contribution is 2.06. The van der Waals surface area contributed by atoms with Crippen molar-refractivity contribution in [1.29, 1.82) is 0 Å². The molecule has 0 aliphatic heterocycles. The molecule has 1 heterocycles. The minimum Gasteiger partial charge on any atom is -0.354 e. The summed E-state index contributed by atoms with van der Waals surface area (Å²) in [6.07, 6.45) is 5.94. The number of nitrogens with zero attached hydrogens (tertiary/aromatic N) is 2. The molecule has 0 atom stereocenters. The maximum atomic E-state index is 4.29. The summed E-state index contributed by atoms with van der Waals surface area (Å²) in [6.45, 7) is 6.32. The lowest BCUT2D eigenvalue weighted by atomic mass is 10.1. The quantitative estimate of drug-likeness (QED) is 0.689. The fourth-order valence-corrected chi connectivity index (χ4v) is 1.49. The van der Waals surface area contributed by atoms with Gasteiger partial charge in [0.05, 0.1) is 0 Å². The molecule has 1 aromatic rings. The van der Waals surface area contributed by atoms with E-state index in [1.807, 2.05) is 19.4 Å². The summed E-state index contributed by atoms with van der Waals surface area (Å²) >= 11 is 0. The van der Waals surface area contributed by atoms with Crippen molar-refractivity contribution >= 4 is 5.95 Å². The highest BCUT2D eigenvalue weighted by Gasteiger charge is 1.99. The topological polar surface area (TPSA) is 49.8 Å². The summed E-state index contributed by atoms with van der Waals surface area (Å²) in [5.41, 5.74) is 1.20. The Hall–Kier alpha value is -1.16. The van der Waals surface area contributed by atoms with Crippen molar-refractivity contribution in [2.24, 2.45) is 5.92 Å². The Morgan fingerprint density at radius 2 is 1.88 bits per heavy atom. The summed E-state index contributed by atoms with van der Waals surface area (Å²) in [5, 5.41) is 6.30. The minimum absolute atomic E-state index is 0.651. The molecule has 4 heteroatoms. The standard InChI is InChI=1S/C12H22N4/c1-10(2)7-11-8-15-12(16-9-11)14-6-4-5-13-3/h8-10,13H,4-7H2,1-3H3,(H,14,15,16). The largest absolute Gasteiger partial charge is 0.354 e. The Morgan fingerprint density at radius 1 is 1.19 bits per heavy atom. The van der Waals surface area contributed by atoms with Crippen LogP contribution in [0, 0.1) is 5.92 Å².